The maximum Gasteiger partial charge on any atom is 0.223 e. The zero-order chi connectivity index (χ0) is 12.1. The summed E-state index contributed by atoms with van der Waals surface area (Å²) in [5.74, 6) is -0.274. The molecule has 0 fully saturated rings. The smallest absolute Gasteiger partial charge is 0.223 e. The van der Waals surface area contributed by atoms with Gasteiger partial charge in [0.1, 0.15) is 0 Å². The van der Waals surface area contributed by atoms with E-state index in [9.17, 15) is 9.59 Å². The van der Waals surface area contributed by atoms with Crippen LogP contribution in [0.15, 0.2) is 0 Å². The molecule has 5 heteroatoms. The van der Waals surface area contributed by atoms with Crippen LogP contribution in [0.25, 0.3) is 0 Å². The van der Waals surface area contributed by atoms with Gasteiger partial charge in [0.05, 0.1) is 0 Å². The standard InChI is InChI=1S/C10H21N3O2/c1-10(2,7-8(11)14)12-6-5-9(15)13(3)4/h12H,5-7H2,1-4H3,(H2,11,14). The van der Waals surface area contributed by atoms with Crippen LogP contribution >= 0.6 is 0 Å². The van der Waals surface area contributed by atoms with Gasteiger partial charge < -0.3 is 16.0 Å². The Morgan fingerprint density at radius 3 is 2.27 bits per heavy atom. The van der Waals surface area contributed by atoms with Crippen LogP contribution in [0.1, 0.15) is 26.7 Å². The van der Waals surface area contributed by atoms with Gasteiger partial charge in [-0.2, -0.15) is 0 Å². The normalized spacial score (nSPS) is 11.2. The van der Waals surface area contributed by atoms with Crippen molar-refractivity contribution in [1.29, 1.82) is 0 Å². The van der Waals surface area contributed by atoms with E-state index in [4.69, 9.17) is 5.73 Å². The highest BCUT2D eigenvalue weighted by Gasteiger charge is 2.19. The Morgan fingerprint density at radius 2 is 1.87 bits per heavy atom. The van der Waals surface area contributed by atoms with Crippen molar-refractivity contribution in [2.75, 3.05) is 20.6 Å². The Morgan fingerprint density at radius 1 is 1.33 bits per heavy atom. The number of hydrogen-bond acceptors (Lipinski definition) is 3. The van der Waals surface area contributed by atoms with E-state index in [1.54, 1.807) is 19.0 Å². The number of nitrogens with one attached hydrogen (secondary N) is 1. The fraction of sp³-hybridized carbons (Fsp3) is 0.800. The van der Waals surface area contributed by atoms with Crippen molar-refractivity contribution in [1.82, 2.24) is 10.2 Å². The third-order valence-electron chi connectivity index (χ3n) is 2.06. The number of primary amides is 1. The highest BCUT2D eigenvalue weighted by atomic mass is 16.2. The van der Waals surface area contributed by atoms with Crippen molar-refractivity contribution >= 4 is 11.8 Å². The zero-order valence-electron chi connectivity index (χ0n) is 9.96. The fourth-order valence-corrected chi connectivity index (χ4v) is 1.23. The van der Waals surface area contributed by atoms with Crippen LogP contribution in [-0.2, 0) is 9.59 Å². The number of carbonyl (C=O) groups is 2. The molecule has 0 atom stereocenters. The molecule has 5 nitrogen and oxygen atoms in total. The van der Waals surface area contributed by atoms with E-state index in [1.165, 1.54) is 0 Å². The van der Waals surface area contributed by atoms with E-state index in [0.29, 0.717) is 13.0 Å². The molecule has 0 aromatic rings. The van der Waals surface area contributed by atoms with Crippen LogP contribution < -0.4 is 11.1 Å². The summed E-state index contributed by atoms with van der Waals surface area (Å²) in [5, 5.41) is 3.13. The van der Waals surface area contributed by atoms with E-state index in [2.05, 4.69) is 5.32 Å². The molecule has 0 heterocycles. The van der Waals surface area contributed by atoms with E-state index in [-0.39, 0.29) is 23.8 Å². The Labute approximate surface area is 91.0 Å². The third-order valence-corrected chi connectivity index (χ3v) is 2.06. The summed E-state index contributed by atoms with van der Waals surface area (Å²) < 4.78 is 0. The predicted molar refractivity (Wildman–Crippen MR) is 59.2 cm³/mol. The van der Waals surface area contributed by atoms with Gasteiger partial charge in [0.25, 0.3) is 0 Å². The van der Waals surface area contributed by atoms with E-state index < -0.39 is 0 Å². The van der Waals surface area contributed by atoms with Crippen LogP contribution in [0.3, 0.4) is 0 Å². The van der Waals surface area contributed by atoms with E-state index in [0.717, 1.165) is 0 Å². The van der Waals surface area contributed by atoms with Gasteiger partial charge in [0.15, 0.2) is 0 Å². The number of hydrogen-bond donors (Lipinski definition) is 2. The molecule has 2 amide bonds. The second-order valence-electron chi connectivity index (χ2n) is 4.49. The minimum Gasteiger partial charge on any atom is -0.370 e. The maximum atomic E-state index is 11.2. The number of nitrogens with two attached hydrogens (primary N) is 1. The Kier molecular flexibility index (Phi) is 5.28. The molecule has 0 aliphatic carbocycles. The van der Waals surface area contributed by atoms with Gasteiger partial charge in [-0.3, -0.25) is 9.59 Å². The molecule has 0 rings (SSSR count). The van der Waals surface area contributed by atoms with Crippen molar-refractivity contribution < 1.29 is 9.59 Å². The summed E-state index contributed by atoms with van der Waals surface area (Å²) in [6, 6.07) is 0. The lowest BCUT2D eigenvalue weighted by Gasteiger charge is -2.25. The largest absolute Gasteiger partial charge is 0.370 e. The van der Waals surface area contributed by atoms with Crippen LogP contribution in [-0.4, -0.2) is 42.9 Å². The van der Waals surface area contributed by atoms with Gasteiger partial charge in [0, 0.05) is 39.0 Å². The third kappa shape index (κ3) is 6.90. The quantitative estimate of drug-likeness (QED) is 0.639. The van der Waals surface area contributed by atoms with Crippen molar-refractivity contribution in [3.8, 4) is 0 Å². The summed E-state index contributed by atoms with van der Waals surface area (Å²) in [5.41, 5.74) is 4.76. The molecule has 0 saturated carbocycles. The molecule has 0 aliphatic rings. The molecule has 0 unspecified atom stereocenters. The van der Waals surface area contributed by atoms with Crippen LogP contribution in [0.4, 0.5) is 0 Å². The van der Waals surface area contributed by atoms with Crippen LogP contribution in [0.5, 0.6) is 0 Å². The summed E-state index contributed by atoms with van der Waals surface area (Å²) in [7, 11) is 3.44. The Hall–Kier alpha value is -1.10. The Bertz CT molecular complexity index is 237. The minimum atomic E-state index is -0.349. The molecule has 15 heavy (non-hydrogen) atoms. The average molecular weight is 215 g/mol. The second kappa shape index (κ2) is 5.70. The predicted octanol–water partition coefficient (Wildman–Crippen LogP) is -0.292. The lowest BCUT2D eigenvalue weighted by molar-refractivity contribution is -0.128. The maximum absolute atomic E-state index is 11.2. The first-order chi connectivity index (χ1) is 6.74. The second-order valence-corrected chi connectivity index (χ2v) is 4.49. The molecule has 0 aliphatic heterocycles. The SMILES string of the molecule is CN(C)C(=O)CCNC(C)(C)CC(N)=O. The van der Waals surface area contributed by atoms with E-state index in [1.807, 2.05) is 13.8 Å². The van der Waals surface area contributed by atoms with Crippen molar-refractivity contribution in [2.24, 2.45) is 5.73 Å². The highest BCUT2D eigenvalue weighted by Crippen LogP contribution is 2.07. The van der Waals surface area contributed by atoms with Crippen molar-refractivity contribution in [3.05, 3.63) is 0 Å². The first-order valence-electron chi connectivity index (χ1n) is 4.98. The summed E-state index contributed by atoms with van der Waals surface area (Å²) in [4.78, 5) is 23.5. The molecule has 88 valence electrons. The molecule has 3 N–H and O–H groups in total. The number of amides is 2. The van der Waals surface area contributed by atoms with Crippen molar-refractivity contribution in [2.45, 2.75) is 32.2 Å². The molecule has 0 radical (unpaired) electrons. The van der Waals surface area contributed by atoms with E-state index >= 15 is 0 Å². The minimum absolute atomic E-state index is 0.0670. The van der Waals surface area contributed by atoms with Crippen LogP contribution in [0, 0.1) is 0 Å². The fourth-order valence-electron chi connectivity index (χ4n) is 1.23. The zero-order valence-corrected chi connectivity index (χ0v) is 9.96. The summed E-state index contributed by atoms with van der Waals surface area (Å²) >= 11 is 0. The lowest BCUT2D eigenvalue weighted by Crippen LogP contribution is -2.44. The molecular formula is C10H21N3O2. The first kappa shape index (κ1) is 13.9. The van der Waals surface area contributed by atoms with Gasteiger partial charge in [0.2, 0.25) is 11.8 Å². The summed E-state index contributed by atoms with van der Waals surface area (Å²) in [6.45, 7) is 4.33. The van der Waals surface area contributed by atoms with Gasteiger partial charge >= 0.3 is 0 Å². The number of nitrogens with zero attached hydrogens (tertiary/aromatic N) is 1. The van der Waals surface area contributed by atoms with Gasteiger partial charge in [-0.1, -0.05) is 0 Å². The van der Waals surface area contributed by atoms with Gasteiger partial charge in [-0.15, -0.1) is 0 Å². The monoisotopic (exact) mass is 215 g/mol. The molecule has 0 aromatic carbocycles. The highest BCUT2D eigenvalue weighted by molar-refractivity contribution is 5.76. The van der Waals surface area contributed by atoms with Gasteiger partial charge in [-0.25, -0.2) is 0 Å². The average Bonchev–Trinajstić information content (AvgIpc) is 2.00. The lowest BCUT2D eigenvalue weighted by atomic mass is 10.0. The molecule has 0 spiro atoms. The first-order valence-corrected chi connectivity index (χ1v) is 4.98. The summed E-state index contributed by atoms with van der Waals surface area (Å²) in [6.07, 6.45) is 0.693. The number of rotatable bonds is 6. The molecule has 0 saturated heterocycles. The van der Waals surface area contributed by atoms with Gasteiger partial charge in [-0.05, 0) is 13.8 Å². The molecule has 0 bridgehead atoms. The molecular weight excluding hydrogens is 194 g/mol. The topological polar surface area (TPSA) is 75.4 Å². The van der Waals surface area contributed by atoms with Crippen molar-refractivity contribution in [3.63, 3.8) is 0 Å². The molecule has 0 aromatic heterocycles. The number of carbonyl (C=O) groups excluding carboxylic acids is 2. The Balaban J connectivity index is 3.84. The van der Waals surface area contributed by atoms with Crippen LogP contribution in [0.2, 0.25) is 0 Å².